The van der Waals surface area contributed by atoms with Gasteiger partial charge in [0.2, 0.25) is 5.91 Å². The van der Waals surface area contributed by atoms with E-state index >= 15 is 0 Å². The number of carbonyl (C=O) groups excluding carboxylic acids is 1. The number of thioether (sulfide) groups is 1. The molecular weight excluding hydrogens is 294 g/mol. The summed E-state index contributed by atoms with van der Waals surface area (Å²) >= 11 is 7.27. The number of rotatable bonds is 5. The Morgan fingerprint density at radius 1 is 1.25 bits per heavy atom. The molecule has 2 aromatic carbocycles. The summed E-state index contributed by atoms with van der Waals surface area (Å²) < 4.78 is 5.11. The lowest BCUT2D eigenvalue weighted by Crippen LogP contribution is -2.13. The van der Waals surface area contributed by atoms with Crippen molar-refractivity contribution >= 4 is 35.0 Å². The van der Waals surface area contributed by atoms with Crippen molar-refractivity contribution in [3.63, 3.8) is 0 Å². The number of nitrogens with one attached hydrogen (secondary N) is 1. The fourth-order valence-corrected chi connectivity index (χ4v) is 2.40. The number of hydrogen-bond donors (Lipinski definition) is 1. The van der Waals surface area contributed by atoms with E-state index in [0.717, 1.165) is 10.6 Å². The SMILES string of the molecule is COc1cccc(NC(=O)CSc2ccc(Cl)cc2)c1. The zero-order valence-electron chi connectivity index (χ0n) is 10.9. The number of hydrogen-bond acceptors (Lipinski definition) is 3. The van der Waals surface area contributed by atoms with Gasteiger partial charge < -0.3 is 10.1 Å². The van der Waals surface area contributed by atoms with E-state index in [4.69, 9.17) is 16.3 Å². The van der Waals surface area contributed by atoms with E-state index < -0.39 is 0 Å². The highest BCUT2D eigenvalue weighted by atomic mass is 35.5. The van der Waals surface area contributed by atoms with Gasteiger partial charge in [0, 0.05) is 21.7 Å². The first kappa shape index (κ1) is 14.8. The molecule has 0 radical (unpaired) electrons. The van der Waals surface area contributed by atoms with E-state index in [2.05, 4.69) is 5.32 Å². The summed E-state index contributed by atoms with van der Waals surface area (Å²) in [7, 11) is 1.59. The van der Waals surface area contributed by atoms with Crippen LogP contribution in [0.15, 0.2) is 53.4 Å². The van der Waals surface area contributed by atoms with E-state index in [1.54, 1.807) is 13.2 Å². The van der Waals surface area contributed by atoms with E-state index in [0.29, 0.717) is 16.5 Å². The number of methoxy groups -OCH3 is 1. The molecule has 5 heteroatoms. The Morgan fingerprint density at radius 3 is 2.70 bits per heavy atom. The molecule has 0 saturated heterocycles. The predicted molar refractivity (Wildman–Crippen MR) is 83.8 cm³/mol. The molecule has 2 rings (SSSR count). The van der Waals surface area contributed by atoms with Crippen LogP contribution < -0.4 is 10.1 Å². The van der Waals surface area contributed by atoms with E-state index in [-0.39, 0.29) is 5.91 Å². The molecule has 0 aliphatic carbocycles. The maximum atomic E-state index is 11.9. The number of halogens is 1. The minimum absolute atomic E-state index is 0.0572. The summed E-state index contributed by atoms with van der Waals surface area (Å²) in [5.74, 6) is 1.00. The highest BCUT2D eigenvalue weighted by Gasteiger charge is 2.04. The lowest BCUT2D eigenvalue weighted by molar-refractivity contribution is -0.113. The smallest absolute Gasteiger partial charge is 0.234 e. The van der Waals surface area contributed by atoms with Crippen LogP contribution in [-0.2, 0) is 4.79 Å². The minimum Gasteiger partial charge on any atom is -0.497 e. The topological polar surface area (TPSA) is 38.3 Å². The summed E-state index contributed by atoms with van der Waals surface area (Å²) in [6.45, 7) is 0. The number of ether oxygens (including phenoxy) is 1. The zero-order valence-corrected chi connectivity index (χ0v) is 12.5. The molecule has 0 aromatic heterocycles. The van der Waals surface area contributed by atoms with Gasteiger partial charge in [0.15, 0.2) is 0 Å². The van der Waals surface area contributed by atoms with Gasteiger partial charge in [-0.05, 0) is 36.4 Å². The minimum atomic E-state index is -0.0572. The first-order chi connectivity index (χ1) is 9.67. The van der Waals surface area contributed by atoms with Crippen LogP contribution in [0.2, 0.25) is 5.02 Å². The molecule has 1 amide bonds. The van der Waals surface area contributed by atoms with Gasteiger partial charge in [-0.2, -0.15) is 0 Å². The van der Waals surface area contributed by atoms with Crippen molar-refractivity contribution in [3.8, 4) is 5.75 Å². The van der Waals surface area contributed by atoms with Gasteiger partial charge in [0.25, 0.3) is 0 Å². The normalized spacial score (nSPS) is 10.1. The van der Waals surface area contributed by atoms with Crippen molar-refractivity contribution in [1.29, 1.82) is 0 Å². The van der Waals surface area contributed by atoms with Gasteiger partial charge in [-0.3, -0.25) is 4.79 Å². The average Bonchev–Trinajstić information content (AvgIpc) is 2.47. The molecule has 0 spiro atoms. The van der Waals surface area contributed by atoms with Gasteiger partial charge in [0.1, 0.15) is 5.75 Å². The number of carbonyl (C=O) groups is 1. The molecule has 0 saturated carbocycles. The van der Waals surface area contributed by atoms with Crippen LogP contribution in [0.4, 0.5) is 5.69 Å². The fraction of sp³-hybridized carbons (Fsp3) is 0.133. The number of benzene rings is 2. The Morgan fingerprint density at radius 2 is 2.00 bits per heavy atom. The van der Waals surface area contributed by atoms with E-state index in [1.807, 2.05) is 42.5 Å². The molecule has 3 nitrogen and oxygen atoms in total. The van der Waals surface area contributed by atoms with E-state index in [1.165, 1.54) is 11.8 Å². The van der Waals surface area contributed by atoms with Crippen LogP contribution in [0.3, 0.4) is 0 Å². The number of amides is 1. The Bertz CT molecular complexity index is 587. The molecule has 1 N–H and O–H groups in total. The maximum absolute atomic E-state index is 11.9. The maximum Gasteiger partial charge on any atom is 0.234 e. The van der Waals surface area contributed by atoms with Crippen LogP contribution >= 0.6 is 23.4 Å². The van der Waals surface area contributed by atoms with E-state index in [9.17, 15) is 4.79 Å². The lowest BCUT2D eigenvalue weighted by atomic mass is 10.3. The molecule has 0 aliphatic rings. The molecular formula is C15H14ClNO2S. The van der Waals surface area contributed by atoms with Crippen LogP contribution in [-0.4, -0.2) is 18.8 Å². The summed E-state index contributed by atoms with van der Waals surface area (Å²) in [4.78, 5) is 12.9. The van der Waals surface area contributed by atoms with Crippen LogP contribution in [0.1, 0.15) is 0 Å². The summed E-state index contributed by atoms with van der Waals surface area (Å²) in [5, 5.41) is 3.52. The molecule has 0 unspecified atom stereocenters. The first-order valence-corrected chi connectivity index (χ1v) is 7.36. The molecule has 0 atom stereocenters. The van der Waals surface area contributed by atoms with Crippen molar-refractivity contribution in [2.24, 2.45) is 0 Å². The number of anilines is 1. The third-order valence-electron chi connectivity index (χ3n) is 2.54. The largest absolute Gasteiger partial charge is 0.497 e. The summed E-state index contributed by atoms with van der Waals surface area (Å²) in [5.41, 5.74) is 0.728. The Labute approximate surface area is 127 Å². The van der Waals surface area contributed by atoms with Crippen molar-refractivity contribution in [1.82, 2.24) is 0 Å². The zero-order chi connectivity index (χ0) is 14.4. The monoisotopic (exact) mass is 307 g/mol. The average molecular weight is 308 g/mol. The van der Waals surface area contributed by atoms with Gasteiger partial charge in [-0.15, -0.1) is 11.8 Å². The van der Waals surface area contributed by atoms with Crippen molar-refractivity contribution in [2.45, 2.75) is 4.90 Å². The van der Waals surface area contributed by atoms with Gasteiger partial charge in [-0.25, -0.2) is 0 Å². The van der Waals surface area contributed by atoms with Crippen molar-refractivity contribution in [2.75, 3.05) is 18.2 Å². The third kappa shape index (κ3) is 4.47. The lowest BCUT2D eigenvalue weighted by Gasteiger charge is -2.07. The Kier molecular flexibility index (Phi) is 5.32. The predicted octanol–water partition coefficient (Wildman–Crippen LogP) is 4.08. The highest BCUT2D eigenvalue weighted by Crippen LogP contribution is 2.21. The second-order valence-electron chi connectivity index (χ2n) is 4.02. The molecule has 0 fully saturated rings. The quantitative estimate of drug-likeness (QED) is 0.846. The van der Waals surface area contributed by atoms with Gasteiger partial charge in [0.05, 0.1) is 12.9 Å². The second kappa shape index (κ2) is 7.22. The summed E-state index contributed by atoms with van der Waals surface area (Å²) in [6, 6.07) is 14.7. The van der Waals surface area contributed by atoms with Crippen molar-refractivity contribution in [3.05, 3.63) is 53.6 Å². The molecule has 0 bridgehead atoms. The van der Waals surface area contributed by atoms with Crippen LogP contribution in [0.25, 0.3) is 0 Å². The van der Waals surface area contributed by atoms with Crippen molar-refractivity contribution < 1.29 is 9.53 Å². The van der Waals surface area contributed by atoms with Crippen LogP contribution in [0.5, 0.6) is 5.75 Å². The first-order valence-electron chi connectivity index (χ1n) is 5.99. The standard InChI is InChI=1S/C15H14ClNO2S/c1-19-13-4-2-3-12(9-13)17-15(18)10-20-14-7-5-11(16)6-8-14/h2-9H,10H2,1H3,(H,17,18). The third-order valence-corrected chi connectivity index (χ3v) is 3.80. The molecule has 0 heterocycles. The molecule has 2 aromatic rings. The van der Waals surface area contributed by atoms with Gasteiger partial charge >= 0.3 is 0 Å². The molecule has 104 valence electrons. The van der Waals surface area contributed by atoms with Gasteiger partial charge in [-0.1, -0.05) is 17.7 Å². The molecule has 20 heavy (non-hydrogen) atoms. The fourth-order valence-electron chi connectivity index (χ4n) is 1.58. The highest BCUT2D eigenvalue weighted by molar-refractivity contribution is 8.00. The molecule has 0 aliphatic heterocycles. The summed E-state index contributed by atoms with van der Waals surface area (Å²) in [6.07, 6.45) is 0. The Hall–Kier alpha value is -1.65. The Balaban J connectivity index is 1.87. The second-order valence-corrected chi connectivity index (χ2v) is 5.51. The van der Waals surface area contributed by atoms with Crippen LogP contribution in [0, 0.1) is 0 Å².